The standard InChI is InChI=1S/C13H15NO3/c1-9(2)10-3-5-12(6-4-10)17-13-14-11(7-15)8-16-13/h3-6,8-9,15H,7H2,1-2H3. The fourth-order valence-corrected chi connectivity index (χ4v) is 1.43. The van der Waals surface area contributed by atoms with Gasteiger partial charge in [-0.05, 0) is 23.6 Å². The first kappa shape index (κ1) is 11.7. The van der Waals surface area contributed by atoms with Crippen molar-refractivity contribution in [1.82, 2.24) is 4.98 Å². The second-order valence-corrected chi connectivity index (χ2v) is 4.09. The molecule has 17 heavy (non-hydrogen) atoms. The number of nitrogens with zero attached hydrogens (tertiary/aromatic N) is 1. The largest absolute Gasteiger partial charge is 0.417 e. The molecule has 0 radical (unpaired) electrons. The van der Waals surface area contributed by atoms with Crippen molar-refractivity contribution in [3.8, 4) is 11.8 Å². The Morgan fingerprint density at radius 1 is 1.29 bits per heavy atom. The number of rotatable bonds is 4. The molecule has 1 N–H and O–H groups in total. The molecule has 0 bridgehead atoms. The van der Waals surface area contributed by atoms with Gasteiger partial charge in [0.15, 0.2) is 0 Å². The van der Waals surface area contributed by atoms with Gasteiger partial charge < -0.3 is 14.3 Å². The van der Waals surface area contributed by atoms with E-state index < -0.39 is 0 Å². The van der Waals surface area contributed by atoms with Crippen LogP contribution >= 0.6 is 0 Å². The number of benzene rings is 1. The molecule has 0 aliphatic heterocycles. The van der Waals surface area contributed by atoms with Crippen molar-refractivity contribution in [3.05, 3.63) is 41.8 Å². The summed E-state index contributed by atoms with van der Waals surface area (Å²) in [5, 5.41) is 8.84. The average molecular weight is 233 g/mol. The van der Waals surface area contributed by atoms with Crippen LogP contribution in [0.4, 0.5) is 0 Å². The van der Waals surface area contributed by atoms with Crippen molar-refractivity contribution >= 4 is 0 Å². The maximum Gasteiger partial charge on any atom is 0.399 e. The van der Waals surface area contributed by atoms with Gasteiger partial charge in [0, 0.05) is 0 Å². The molecule has 1 aromatic heterocycles. The van der Waals surface area contributed by atoms with Gasteiger partial charge in [0.2, 0.25) is 0 Å². The summed E-state index contributed by atoms with van der Waals surface area (Å²) in [5.41, 5.74) is 1.71. The molecule has 0 aliphatic rings. The molecule has 0 amide bonds. The van der Waals surface area contributed by atoms with Gasteiger partial charge in [-0.15, -0.1) is 0 Å². The summed E-state index contributed by atoms with van der Waals surface area (Å²) in [5.74, 6) is 1.16. The van der Waals surface area contributed by atoms with E-state index in [0.29, 0.717) is 17.4 Å². The second kappa shape index (κ2) is 5.01. The Kier molecular flexibility index (Phi) is 3.44. The van der Waals surface area contributed by atoms with Crippen LogP contribution in [0.2, 0.25) is 0 Å². The lowest BCUT2D eigenvalue weighted by atomic mass is 10.0. The topological polar surface area (TPSA) is 55.5 Å². The Labute approximate surface area is 99.9 Å². The molecule has 0 atom stereocenters. The third-order valence-electron chi connectivity index (χ3n) is 2.44. The SMILES string of the molecule is CC(C)c1ccc(Oc2nc(CO)co2)cc1. The molecule has 0 unspecified atom stereocenters. The zero-order valence-electron chi connectivity index (χ0n) is 9.88. The van der Waals surface area contributed by atoms with Gasteiger partial charge >= 0.3 is 6.08 Å². The van der Waals surface area contributed by atoms with Crippen LogP contribution in [0.1, 0.15) is 31.0 Å². The molecule has 2 aromatic rings. The Morgan fingerprint density at radius 2 is 2.00 bits per heavy atom. The molecule has 0 saturated carbocycles. The van der Waals surface area contributed by atoms with Gasteiger partial charge in [-0.1, -0.05) is 26.0 Å². The summed E-state index contributed by atoms with van der Waals surface area (Å²) in [6.45, 7) is 4.12. The third-order valence-corrected chi connectivity index (χ3v) is 2.44. The first-order chi connectivity index (χ1) is 8.19. The van der Waals surface area contributed by atoms with Gasteiger partial charge in [-0.3, -0.25) is 0 Å². The third kappa shape index (κ3) is 2.85. The van der Waals surface area contributed by atoms with E-state index in [1.165, 1.54) is 11.8 Å². The molecule has 4 heteroatoms. The van der Waals surface area contributed by atoms with Crippen molar-refractivity contribution in [3.63, 3.8) is 0 Å². The van der Waals surface area contributed by atoms with E-state index in [0.717, 1.165) is 0 Å². The van der Waals surface area contributed by atoms with Crippen LogP contribution < -0.4 is 4.74 Å². The van der Waals surface area contributed by atoms with Crippen LogP contribution in [0.25, 0.3) is 0 Å². The molecule has 1 aromatic carbocycles. The fraction of sp³-hybridized carbons (Fsp3) is 0.308. The number of ether oxygens (including phenoxy) is 1. The Balaban J connectivity index is 2.08. The fourth-order valence-electron chi connectivity index (χ4n) is 1.43. The maximum atomic E-state index is 8.84. The van der Waals surface area contributed by atoms with E-state index in [4.69, 9.17) is 14.3 Å². The number of oxazole rings is 1. The van der Waals surface area contributed by atoms with E-state index in [2.05, 4.69) is 18.8 Å². The highest BCUT2D eigenvalue weighted by Crippen LogP contribution is 2.23. The van der Waals surface area contributed by atoms with Crippen molar-refractivity contribution in [2.75, 3.05) is 0 Å². The van der Waals surface area contributed by atoms with E-state index >= 15 is 0 Å². The molecule has 90 valence electrons. The van der Waals surface area contributed by atoms with Crippen molar-refractivity contribution < 1.29 is 14.3 Å². The smallest absolute Gasteiger partial charge is 0.399 e. The molecule has 4 nitrogen and oxygen atoms in total. The van der Waals surface area contributed by atoms with Crippen molar-refractivity contribution in [2.45, 2.75) is 26.4 Å². The first-order valence-electron chi connectivity index (χ1n) is 5.52. The molecule has 0 aliphatic carbocycles. The zero-order chi connectivity index (χ0) is 12.3. The van der Waals surface area contributed by atoms with Crippen LogP contribution in [-0.2, 0) is 6.61 Å². The first-order valence-corrected chi connectivity index (χ1v) is 5.52. The quantitative estimate of drug-likeness (QED) is 0.881. The van der Waals surface area contributed by atoms with Crippen LogP contribution in [0.15, 0.2) is 34.9 Å². The maximum absolute atomic E-state index is 8.84. The van der Waals surface area contributed by atoms with Gasteiger partial charge in [0.25, 0.3) is 0 Å². The highest BCUT2D eigenvalue weighted by molar-refractivity contribution is 5.30. The van der Waals surface area contributed by atoms with Crippen LogP contribution in [-0.4, -0.2) is 10.1 Å². The van der Waals surface area contributed by atoms with Gasteiger partial charge in [0.1, 0.15) is 17.7 Å². The van der Waals surface area contributed by atoms with E-state index in [-0.39, 0.29) is 12.7 Å². The molecular weight excluding hydrogens is 218 g/mol. The highest BCUT2D eigenvalue weighted by Gasteiger charge is 2.06. The van der Waals surface area contributed by atoms with Crippen LogP contribution in [0.3, 0.4) is 0 Å². The summed E-state index contributed by atoms with van der Waals surface area (Å²) in [4.78, 5) is 3.94. The zero-order valence-corrected chi connectivity index (χ0v) is 9.88. The summed E-state index contributed by atoms with van der Waals surface area (Å²) >= 11 is 0. The predicted octanol–water partition coefficient (Wildman–Crippen LogP) is 3.08. The lowest BCUT2D eigenvalue weighted by Crippen LogP contribution is -1.89. The van der Waals surface area contributed by atoms with Crippen molar-refractivity contribution in [2.24, 2.45) is 0 Å². The Bertz CT molecular complexity index is 474. The molecule has 0 fully saturated rings. The molecule has 1 heterocycles. The number of hydrogen-bond acceptors (Lipinski definition) is 4. The second-order valence-electron chi connectivity index (χ2n) is 4.09. The monoisotopic (exact) mass is 233 g/mol. The minimum Gasteiger partial charge on any atom is -0.417 e. The predicted molar refractivity (Wildman–Crippen MR) is 63.0 cm³/mol. The normalized spacial score (nSPS) is 10.8. The van der Waals surface area contributed by atoms with Crippen molar-refractivity contribution in [1.29, 1.82) is 0 Å². The Hall–Kier alpha value is -1.81. The molecular formula is C13H15NO3. The van der Waals surface area contributed by atoms with E-state index in [1.54, 1.807) is 0 Å². The lowest BCUT2D eigenvalue weighted by Gasteiger charge is -2.06. The number of aliphatic hydroxyl groups is 1. The molecule has 2 rings (SSSR count). The van der Waals surface area contributed by atoms with E-state index in [9.17, 15) is 0 Å². The molecule has 0 saturated heterocycles. The summed E-state index contributed by atoms with van der Waals surface area (Å²) < 4.78 is 10.5. The minimum atomic E-state index is -0.154. The van der Waals surface area contributed by atoms with Crippen LogP contribution in [0.5, 0.6) is 11.8 Å². The lowest BCUT2D eigenvalue weighted by molar-refractivity contribution is 0.276. The summed E-state index contributed by atoms with van der Waals surface area (Å²) in [6.07, 6.45) is 1.52. The van der Waals surface area contributed by atoms with Gasteiger partial charge in [0.05, 0.1) is 6.61 Å². The number of aliphatic hydroxyl groups excluding tert-OH is 1. The number of hydrogen-bond donors (Lipinski definition) is 1. The minimum absolute atomic E-state index is 0.145. The van der Waals surface area contributed by atoms with E-state index in [1.807, 2.05) is 24.3 Å². The average Bonchev–Trinajstić information content (AvgIpc) is 2.77. The summed E-state index contributed by atoms with van der Waals surface area (Å²) in [7, 11) is 0. The number of aromatic nitrogens is 1. The highest BCUT2D eigenvalue weighted by atomic mass is 16.6. The van der Waals surface area contributed by atoms with Gasteiger partial charge in [-0.25, -0.2) is 0 Å². The van der Waals surface area contributed by atoms with Crippen LogP contribution in [0, 0.1) is 0 Å². The van der Waals surface area contributed by atoms with Gasteiger partial charge in [-0.2, -0.15) is 4.98 Å². The Morgan fingerprint density at radius 3 is 2.53 bits per heavy atom. The molecule has 0 spiro atoms. The summed E-state index contributed by atoms with van der Waals surface area (Å²) in [6, 6.07) is 7.77.